The van der Waals surface area contributed by atoms with Gasteiger partial charge in [0.2, 0.25) is 0 Å². The third-order valence-corrected chi connectivity index (χ3v) is 4.56. The zero-order valence-electron chi connectivity index (χ0n) is 14.6. The molecule has 1 saturated heterocycles. The molecule has 1 fully saturated rings. The summed E-state index contributed by atoms with van der Waals surface area (Å²) in [4.78, 5) is 9.61. The average Bonchev–Trinajstić information content (AvgIpc) is 2.61. The van der Waals surface area contributed by atoms with Gasteiger partial charge >= 0.3 is 0 Å². The number of hydrogen-bond donors (Lipinski definition) is 1. The van der Waals surface area contributed by atoms with E-state index in [4.69, 9.17) is 0 Å². The van der Waals surface area contributed by atoms with Crippen LogP contribution in [0.1, 0.15) is 17.7 Å². The van der Waals surface area contributed by atoms with Gasteiger partial charge in [-0.1, -0.05) is 36.4 Å². The molecule has 0 aliphatic carbocycles. The van der Waals surface area contributed by atoms with E-state index < -0.39 is 0 Å². The number of benzene rings is 1. The first-order valence-corrected chi connectivity index (χ1v) is 8.96. The molecule has 1 aromatic heterocycles. The number of nitrogens with zero attached hydrogens (tertiary/aromatic N) is 3. The number of piperazine rings is 1. The van der Waals surface area contributed by atoms with Crippen LogP contribution < -0.4 is 5.32 Å². The molecule has 0 atom stereocenters. The van der Waals surface area contributed by atoms with Crippen molar-refractivity contribution in [1.29, 1.82) is 0 Å². The fourth-order valence-electron chi connectivity index (χ4n) is 3.17. The van der Waals surface area contributed by atoms with E-state index in [9.17, 15) is 0 Å². The Bertz CT molecular complexity index is 606. The third kappa shape index (κ3) is 5.32. The predicted octanol–water partition coefficient (Wildman–Crippen LogP) is 3.01. The van der Waals surface area contributed by atoms with Crippen LogP contribution in [0.3, 0.4) is 0 Å². The van der Waals surface area contributed by atoms with Crippen LogP contribution in [-0.2, 0) is 6.54 Å². The number of hydrogen-bond acceptors (Lipinski definition) is 4. The Kier molecular flexibility index (Phi) is 6.21. The van der Waals surface area contributed by atoms with E-state index in [0.29, 0.717) is 0 Å². The fraction of sp³-hybridized carbons (Fsp3) is 0.450. The fourth-order valence-corrected chi connectivity index (χ4v) is 3.17. The maximum Gasteiger partial charge on any atom is 0.126 e. The molecule has 1 N–H and O–H groups in total. The van der Waals surface area contributed by atoms with Gasteiger partial charge in [0.25, 0.3) is 0 Å². The summed E-state index contributed by atoms with van der Waals surface area (Å²) in [6.45, 7) is 9.95. The van der Waals surface area contributed by atoms with Crippen LogP contribution in [0, 0.1) is 6.92 Å². The number of anilines is 1. The Morgan fingerprint density at radius 3 is 2.42 bits per heavy atom. The lowest BCUT2D eigenvalue weighted by atomic mass is 10.2. The first-order valence-electron chi connectivity index (χ1n) is 8.96. The van der Waals surface area contributed by atoms with Gasteiger partial charge in [-0.05, 0) is 37.6 Å². The first kappa shape index (κ1) is 16.9. The molecule has 1 aliphatic rings. The number of pyridine rings is 1. The molecule has 0 bridgehead atoms. The summed E-state index contributed by atoms with van der Waals surface area (Å²) < 4.78 is 0. The van der Waals surface area contributed by atoms with E-state index >= 15 is 0 Å². The van der Waals surface area contributed by atoms with Gasteiger partial charge in [-0.25, -0.2) is 4.98 Å². The van der Waals surface area contributed by atoms with Crippen LogP contribution in [0.5, 0.6) is 0 Å². The summed E-state index contributed by atoms with van der Waals surface area (Å²) in [6, 6.07) is 16.9. The lowest BCUT2D eigenvalue weighted by Gasteiger charge is -2.34. The molecule has 0 saturated carbocycles. The predicted molar refractivity (Wildman–Crippen MR) is 100 cm³/mol. The van der Waals surface area contributed by atoms with Crippen LogP contribution in [0.25, 0.3) is 0 Å². The minimum absolute atomic E-state index is 0.987. The van der Waals surface area contributed by atoms with Crippen LogP contribution in [0.2, 0.25) is 0 Å². The third-order valence-electron chi connectivity index (χ3n) is 4.56. The molecule has 1 aliphatic heterocycles. The van der Waals surface area contributed by atoms with E-state index in [1.165, 1.54) is 31.7 Å². The normalized spacial score (nSPS) is 16.2. The van der Waals surface area contributed by atoms with E-state index in [1.54, 1.807) is 0 Å². The molecule has 3 rings (SSSR count). The standard InChI is InChI=1S/C20H28N4/c1-18-7-5-10-20(22-18)21-11-6-12-23-13-15-24(16-14-23)17-19-8-3-2-4-9-19/h2-5,7-10H,6,11-17H2,1H3,(H,21,22). The number of rotatable bonds is 7. The number of nitrogens with one attached hydrogen (secondary N) is 1. The Labute approximate surface area is 145 Å². The number of aryl methyl sites for hydroxylation is 1. The molecule has 4 nitrogen and oxygen atoms in total. The maximum absolute atomic E-state index is 4.48. The van der Waals surface area contributed by atoms with Gasteiger partial charge < -0.3 is 10.2 Å². The summed E-state index contributed by atoms with van der Waals surface area (Å²) in [5, 5.41) is 3.42. The van der Waals surface area contributed by atoms with E-state index in [1.807, 2.05) is 19.1 Å². The smallest absolute Gasteiger partial charge is 0.126 e. The summed E-state index contributed by atoms with van der Waals surface area (Å²) in [7, 11) is 0. The summed E-state index contributed by atoms with van der Waals surface area (Å²) in [5.41, 5.74) is 2.48. The molecule has 0 radical (unpaired) electrons. The largest absolute Gasteiger partial charge is 0.370 e. The van der Waals surface area contributed by atoms with Crippen LogP contribution in [0.15, 0.2) is 48.5 Å². The lowest BCUT2D eigenvalue weighted by Crippen LogP contribution is -2.46. The highest BCUT2D eigenvalue weighted by atomic mass is 15.3. The van der Waals surface area contributed by atoms with Crippen molar-refractivity contribution in [3.63, 3.8) is 0 Å². The minimum atomic E-state index is 0.987. The van der Waals surface area contributed by atoms with Gasteiger partial charge in [0, 0.05) is 45.0 Å². The first-order chi connectivity index (χ1) is 11.8. The van der Waals surface area contributed by atoms with Crippen molar-refractivity contribution >= 4 is 5.82 Å². The summed E-state index contributed by atoms with van der Waals surface area (Å²) >= 11 is 0. The molecule has 0 spiro atoms. The second-order valence-corrected chi connectivity index (χ2v) is 6.55. The Balaban J connectivity index is 1.31. The zero-order valence-corrected chi connectivity index (χ0v) is 14.6. The topological polar surface area (TPSA) is 31.4 Å². The van der Waals surface area contributed by atoms with Gasteiger partial charge in [0.15, 0.2) is 0 Å². The average molecular weight is 324 g/mol. The van der Waals surface area contributed by atoms with Crippen LogP contribution in [0.4, 0.5) is 5.82 Å². The van der Waals surface area contributed by atoms with Crippen molar-refractivity contribution in [1.82, 2.24) is 14.8 Å². The summed E-state index contributed by atoms with van der Waals surface area (Å²) in [6.07, 6.45) is 1.16. The van der Waals surface area contributed by atoms with Crippen LogP contribution in [-0.4, -0.2) is 54.1 Å². The van der Waals surface area contributed by atoms with Crippen molar-refractivity contribution < 1.29 is 0 Å². The molecular weight excluding hydrogens is 296 g/mol. The minimum Gasteiger partial charge on any atom is -0.370 e. The van der Waals surface area contributed by atoms with Crippen LogP contribution >= 0.6 is 0 Å². The quantitative estimate of drug-likeness (QED) is 0.793. The Morgan fingerprint density at radius 2 is 1.67 bits per heavy atom. The lowest BCUT2D eigenvalue weighted by molar-refractivity contribution is 0.127. The highest BCUT2D eigenvalue weighted by Crippen LogP contribution is 2.09. The molecule has 0 amide bonds. The monoisotopic (exact) mass is 324 g/mol. The Hall–Kier alpha value is -1.91. The molecule has 4 heteroatoms. The van der Waals surface area contributed by atoms with E-state index in [0.717, 1.165) is 37.6 Å². The highest BCUT2D eigenvalue weighted by molar-refractivity contribution is 5.34. The van der Waals surface area contributed by atoms with Crippen molar-refractivity contribution in [2.24, 2.45) is 0 Å². The summed E-state index contributed by atoms with van der Waals surface area (Å²) in [5.74, 6) is 0.989. The van der Waals surface area contributed by atoms with Crippen molar-refractivity contribution in [3.05, 3.63) is 59.8 Å². The second-order valence-electron chi connectivity index (χ2n) is 6.55. The molecule has 24 heavy (non-hydrogen) atoms. The molecule has 0 unspecified atom stereocenters. The maximum atomic E-state index is 4.48. The molecule has 2 aromatic rings. The van der Waals surface area contributed by atoms with Crippen molar-refractivity contribution in [3.8, 4) is 0 Å². The zero-order chi connectivity index (χ0) is 16.6. The molecule has 2 heterocycles. The Morgan fingerprint density at radius 1 is 0.917 bits per heavy atom. The second kappa shape index (κ2) is 8.81. The van der Waals surface area contributed by atoms with Gasteiger partial charge in [-0.15, -0.1) is 0 Å². The SMILES string of the molecule is Cc1cccc(NCCCN2CCN(Cc3ccccc3)CC2)n1. The molecule has 1 aromatic carbocycles. The van der Waals surface area contributed by atoms with Crippen molar-refractivity contribution in [2.45, 2.75) is 19.9 Å². The van der Waals surface area contributed by atoms with Gasteiger partial charge in [0.1, 0.15) is 5.82 Å². The van der Waals surface area contributed by atoms with Crippen molar-refractivity contribution in [2.75, 3.05) is 44.6 Å². The van der Waals surface area contributed by atoms with Gasteiger partial charge in [0.05, 0.1) is 0 Å². The molecular formula is C20H28N4. The van der Waals surface area contributed by atoms with Gasteiger partial charge in [-0.2, -0.15) is 0 Å². The highest BCUT2D eigenvalue weighted by Gasteiger charge is 2.16. The van der Waals surface area contributed by atoms with E-state index in [-0.39, 0.29) is 0 Å². The van der Waals surface area contributed by atoms with E-state index in [2.05, 4.69) is 56.5 Å². The number of aromatic nitrogens is 1. The van der Waals surface area contributed by atoms with Gasteiger partial charge in [-0.3, -0.25) is 4.90 Å². The molecule has 128 valence electrons.